The molecular formula is C11H14INO. The summed E-state index contributed by atoms with van der Waals surface area (Å²) in [5.41, 5.74) is 1.35. The van der Waals surface area contributed by atoms with Crippen molar-refractivity contribution in [1.29, 1.82) is 0 Å². The second-order valence-corrected chi connectivity index (χ2v) is 4.82. The predicted octanol–water partition coefficient (Wildman–Crippen LogP) is 2.17. The minimum absolute atomic E-state index is 0.549. The van der Waals surface area contributed by atoms with Crippen LogP contribution in [0.2, 0.25) is 0 Å². The van der Waals surface area contributed by atoms with Gasteiger partial charge in [0.05, 0.1) is 6.61 Å². The van der Waals surface area contributed by atoms with E-state index in [4.69, 9.17) is 4.74 Å². The van der Waals surface area contributed by atoms with Crippen molar-refractivity contribution in [2.75, 3.05) is 13.2 Å². The SMILES string of the molecule is Ic1cccc(CNC2CCOC2)c1. The van der Waals surface area contributed by atoms with Crippen molar-refractivity contribution >= 4 is 22.6 Å². The Morgan fingerprint density at radius 1 is 1.50 bits per heavy atom. The van der Waals surface area contributed by atoms with Crippen molar-refractivity contribution < 1.29 is 4.74 Å². The maximum Gasteiger partial charge on any atom is 0.0620 e. The molecule has 0 amide bonds. The van der Waals surface area contributed by atoms with Crippen LogP contribution in [-0.4, -0.2) is 19.3 Å². The Morgan fingerprint density at radius 3 is 3.14 bits per heavy atom. The predicted molar refractivity (Wildman–Crippen MR) is 65.2 cm³/mol. The first-order valence-electron chi connectivity index (χ1n) is 4.90. The first-order valence-corrected chi connectivity index (χ1v) is 5.98. The van der Waals surface area contributed by atoms with Gasteiger partial charge in [-0.1, -0.05) is 12.1 Å². The highest BCUT2D eigenvalue weighted by Crippen LogP contribution is 2.09. The lowest BCUT2D eigenvalue weighted by atomic mass is 10.2. The standard InChI is InChI=1S/C11H14INO/c12-10-3-1-2-9(6-10)7-13-11-4-5-14-8-11/h1-3,6,11,13H,4-5,7-8H2. The number of hydrogen-bond acceptors (Lipinski definition) is 2. The van der Waals surface area contributed by atoms with Crippen molar-refractivity contribution in [3.8, 4) is 0 Å². The fourth-order valence-electron chi connectivity index (χ4n) is 1.60. The molecule has 1 saturated heterocycles. The third-order valence-corrected chi connectivity index (χ3v) is 3.08. The summed E-state index contributed by atoms with van der Waals surface area (Å²) >= 11 is 2.34. The summed E-state index contributed by atoms with van der Waals surface area (Å²) < 4.78 is 6.60. The zero-order valence-corrected chi connectivity index (χ0v) is 10.2. The zero-order valence-electron chi connectivity index (χ0n) is 8.00. The van der Waals surface area contributed by atoms with Gasteiger partial charge < -0.3 is 10.1 Å². The van der Waals surface area contributed by atoms with Crippen LogP contribution in [0.5, 0.6) is 0 Å². The minimum Gasteiger partial charge on any atom is -0.380 e. The number of rotatable bonds is 3. The molecule has 76 valence electrons. The van der Waals surface area contributed by atoms with Gasteiger partial charge in [-0.25, -0.2) is 0 Å². The molecule has 1 aromatic carbocycles. The van der Waals surface area contributed by atoms with Crippen molar-refractivity contribution in [2.24, 2.45) is 0 Å². The highest BCUT2D eigenvalue weighted by atomic mass is 127. The molecular weight excluding hydrogens is 289 g/mol. The van der Waals surface area contributed by atoms with Gasteiger partial charge in [0.2, 0.25) is 0 Å². The molecule has 0 bridgehead atoms. The number of nitrogens with one attached hydrogen (secondary N) is 1. The molecule has 0 saturated carbocycles. The molecule has 2 nitrogen and oxygen atoms in total. The summed E-state index contributed by atoms with van der Waals surface area (Å²) in [4.78, 5) is 0. The second kappa shape index (κ2) is 5.09. The van der Waals surface area contributed by atoms with Crippen LogP contribution in [-0.2, 0) is 11.3 Å². The summed E-state index contributed by atoms with van der Waals surface area (Å²) in [6.45, 7) is 2.72. The van der Waals surface area contributed by atoms with Crippen LogP contribution >= 0.6 is 22.6 Å². The van der Waals surface area contributed by atoms with Crippen molar-refractivity contribution in [3.63, 3.8) is 0 Å². The monoisotopic (exact) mass is 303 g/mol. The van der Waals surface area contributed by atoms with Gasteiger partial charge in [0.15, 0.2) is 0 Å². The lowest BCUT2D eigenvalue weighted by Gasteiger charge is -2.10. The first-order chi connectivity index (χ1) is 6.84. The van der Waals surface area contributed by atoms with Gasteiger partial charge in [0.25, 0.3) is 0 Å². The van der Waals surface area contributed by atoms with E-state index in [0.29, 0.717) is 6.04 Å². The average molecular weight is 303 g/mol. The number of hydrogen-bond donors (Lipinski definition) is 1. The highest BCUT2D eigenvalue weighted by Gasteiger charge is 2.14. The van der Waals surface area contributed by atoms with Crippen LogP contribution in [0.3, 0.4) is 0 Å². The van der Waals surface area contributed by atoms with Gasteiger partial charge in [-0.05, 0) is 46.7 Å². The van der Waals surface area contributed by atoms with Crippen molar-refractivity contribution in [1.82, 2.24) is 5.32 Å². The van der Waals surface area contributed by atoms with Gasteiger partial charge in [0, 0.05) is 22.8 Å². The van der Waals surface area contributed by atoms with E-state index < -0.39 is 0 Å². The van der Waals surface area contributed by atoms with Crippen LogP contribution in [0, 0.1) is 3.57 Å². The largest absolute Gasteiger partial charge is 0.380 e. The molecule has 1 unspecified atom stereocenters. The Balaban J connectivity index is 1.85. The smallest absolute Gasteiger partial charge is 0.0620 e. The molecule has 1 atom stereocenters. The minimum atomic E-state index is 0.549. The molecule has 1 heterocycles. The quantitative estimate of drug-likeness (QED) is 0.864. The van der Waals surface area contributed by atoms with Crippen LogP contribution in [0.4, 0.5) is 0 Å². The van der Waals surface area contributed by atoms with Gasteiger partial charge >= 0.3 is 0 Å². The normalized spacial score (nSPS) is 21.4. The number of ether oxygens (including phenoxy) is 1. The lowest BCUT2D eigenvalue weighted by molar-refractivity contribution is 0.190. The van der Waals surface area contributed by atoms with E-state index in [9.17, 15) is 0 Å². The molecule has 1 N–H and O–H groups in total. The van der Waals surface area contributed by atoms with Gasteiger partial charge in [-0.15, -0.1) is 0 Å². The third kappa shape index (κ3) is 2.93. The van der Waals surface area contributed by atoms with Crippen molar-refractivity contribution in [3.05, 3.63) is 33.4 Å². The third-order valence-electron chi connectivity index (χ3n) is 2.41. The van der Waals surface area contributed by atoms with E-state index in [0.717, 1.165) is 26.2 Å². The molecule has 0 aromatic heterocycles. The number of benzene rings is 1. The van der Waals surface area contributed by atoms with Gasteiger partial charge in [0.1, 0.15) is 0 Å². The molecule has 0 spiro atoms. The summed E-state index contributed by atoms with van der Waals surface area (Å²) in [5, 5.41) is 3.50. The average Bonchev–Trinajstić information content (AvgIpc) is 2.67. The Hall–Kier alpha value is -0.130. The van der Waals surface area contributed by atoms with E-state index in [2.05, 4.69) is 52.2 Å². The second-order valence-electron chi connectivity index (χ2n) is 3.57. The molecule has 1 aromatic rings. The van der Waals surface area contributed by atoms with Gasteiger partial charge in [-0.2, -0.15) is 0 Å². The first kappa shape index (κ1) is 10.4. The van der Waals surface area contributed by atoms with Gasteiger partial charge in [-0.3, -0.25) is 0 Å². The molecule has 3 heteroatoms. The van der Waals surface area contributed by atoms with Crippen LogP contribution in [0.25, 0.3) is 0 Å². The number of halogens is 1. The Labute approximate surface area is 98.2 Å². The maximum absolute atomic E-state index is 5.31. The van der Waals surface area contributed by atoms with Crippen molar-refractivity contribution in [2.45, 2.75) is 19.0 Å². The molecule has 0 aliphatic carbocycles. The fraction of sp³-hybridized carbons (Fsp3) is 0.455. The molecule has 1 fully saturated rings. The van der Waals surface area contributed by atoms with E-state index >= 15 is 0 Å². The van der Waals surface area contributed by atoms with E-state index in [1.807, 2.05) is 0 Å². The topological polar surface area (TPSA) is 21.3 Å². The molecule has 0 radical (unpaired) electrons. The maximum atomic E-state index is 5.31. The molecule has 1 aliphatic heterocycles. The molecule has 14 heavy (non-hydrogen) atoms. The summed E-state index contributed by atoms with van der Waals surface area (Å²) in [7, 11) is 0. The fourth-order valence-corrected chi connectivity index (χ4v) is 2.21. The Bertz CT molecular complexity index is 297. The van der Waals surface area contributed by atoms with E-state index in [1.54, 1.807) is 0 Å². The van der Waals surface area contributed by atoms with Crippen LogP contribution < -0.4 is 5.32 Å². The Morgan fingerprint density at radius 2 is 2.43 bits per heavy atom. The summed E-state index contributed by atoms with van der Waals surface area (Å²) in [6, 6.07) is 9.13. The van der Waals surface area contributed by atoms with Crippen LogP contribution in [0.15, 0.2) is 24.3 Å². The highest BCUT2D eigenvalue weighted by molar-refractivity contribution is 14.1. The summed E-state index contributed by atoms with van der Waals surface area (Å²) in [6.07, 6.45) is 1.14. The van der Waals surface area contributed by atoms with Crippen LogP contribution in [0.1, 0.15) is 12.0 Å². The molecule has 2 rings (SSSR count). The van der Waals surface area contributed by atoms with E-state index in [1.165, 1.54) is 9.13 Å². The summed E-state index contributed by atoms with van der Waals surface area (Å²) in [5.74, 6) is 0. The zero-order chi connectivity index (χ0) is 9.80. The Kier molecular flexibility index (Phi) is 3.78. The lowest BCUT2D eigenvalue weighted by Crippen LogP contribution is -2.28. The molecule has 1 aliphatic rings. The van der Waals surface area contributed by atoms with E-state index in [-0.39, 0.29) is 0 Å².